The minimum Gasteiger partial charge on any atom is -0.316 e. The lowest BCUT2D eigenvalue weighted by Gasteiger charge is -2.17. The summed E-state index contributed by atoms with van der Waals surface area (Å²) in [7, 11) is 1.95. The van der Waals surface area contributed by atoms with Gasteiger partial charge in [-0.05, 0) is 50.1 Å². The molecule has 0 aromatic heterocycles. The van der Waals surface area contributed by atoms with Crippen LogP contribution in [0.25, 0.3) is 0 Å². The predicted molar refractivity (Wildman–Crippen MR) is 82.8 cm³/mol. The van der Waals surface area contributed by atoms with Crippen LogP contribution in [0.3, 0.4) is 0 Å². The molecule has 0 fully saturated rings. The Morgan fingerprint density at radius 3 is 2.25 bits per heavy atom. The number of hydrogen-bond acceptors (Lipinski definition) is 1. The van der Waals surface area contributed by atoms with Crippen molar-refractivity contribution in [3.63, 3.8) is 0 Å². The summed E-state index contributed by atoms with van der Waals surface area (Å²) in [6.45, 7) is 2.08. The third-order valence-electron chi connectivity index (χ3n) is 3.48. The molecule has 0 aliphatic heterocycles. The first-order valence-electron chi connectivity index (χ1n) is 6.75. The number of rotatable bonds is 5. The highest BCUT2D eigenvalue weighted by atomic mass is 35.5. The van der Waals surface area contributed by atoms with Crippen molar-refractivity contribution >= 4 is 11.6 Å². The van der Waals surface area contributed by atoms with E-state index in [-0.39, 0.29) is 10.8 Å². The van der Waals surface area contributed by atoms with Crippen molar-refractivity contribution in [1.29, 1.82) is 0 Å². The van der Waals surface area contributed by atoms with E-state index in [4.69, 9.17) is 11.6 Å². The molecule has 0 aliphatic rings. The van der Waals surface area contributed by atoms with Crippen LogP contribution in [0.1, 0.15) is 16.7 Å². The van der Waals surface area contributed by atoms with Gasteiger partial charge in [-0.2, -0.15) is 0 Å². The highest BCUT2D eigenvalue weighted by molar-refractivity contribution is 6.30. The largest absolute Gasteiger partial charge is 0.316 e. The molecule has 2 rings (SSSR count). The normalized spacial score (nSPS) is 12.4. The zero-order valence-electron chi connectivity index (χ0n) is 11.8. The Balaban J connectivity index is 2.04. The second kappa shape index (κ2) is 6.87. The van der Waals surface area contributed by atoms with Crippen molar-refractivity contribution in [3.05, 3.63) is 70.0 Å². The Morgan fingerprint density at radius 1 is 1.05 bits per heavy atom. The van der Waals surface area contributed by atoms with Gasteiger partial charge in [-0.1, -0.05) is 47.5 Å². The second-order valence-corrected chi connectivity index (χ2v) is 5.54. The van der Waals surface area contributed by atoms with Crippen LogP contribution in [-0.4, -0.2) is 13.1 Å². The van der Waals surface area contributed by atoms with Crippen molar-refractivity contribution in [2.45, 2.75) is 25.8 Å². The van der Waals surface area contributed by atoms with Gasteiger partial charge in [-0.3, -0.25) is 0 Å². The first-order valence-corrected chi connectivity index (χ1v) is 7.13. The van der Waals surface area contributed by atoms with Crippen LogP contribution < -0.4 is 5.32 Å². The number of likely N-dealkylation sites (N-methyl/N-ethyl adjacent to an activating group) is 1. The molecule has 0 radical (unpaired) electrons. The molecule has 1 atom stereocenters. The first-order chi connectivity index (χ1) is 9.58. The van der Waals surface area contributed by atoms with Gasteiger partial charge in [0.25, 0.3) is 0 Å². The first kappa shape index (κ1) is 15.0. The Kier molecular flexibility index (Phi) is 5.16. The Bertz CT molecular complexity index is 566. The van der Waals surface area contributed by atoms with Crippen LogP contribution >= 0.6 is 11.6 Å². The molecule has 20 heavy (non-hydrogen) atoms. The van der Waals surface area contributed by atoms with Crippen molar-refractivity contribution in [3.8, 4) is 0 Å². The van der Waals surface area contributed by atoms with Gasteiger partial charge in [-0.25, -0.2) is 4.39 Å². The maximum absolute atomic E-state index is 13.2. The van der Waals surface area contributed by atoms with Crippen molar-refractivity contribution in [2.75, 3.05) is 7.05 Å². The molecule has 0 amide bonds. The third-order valence-corrected chi connectivity index (χ3v) is 3.77. The summed E-state index contributed by atoms with van der Waals surface area (Å²) in [6, 6.07) is 13.8. The fourth-order valence-corrected chi connectivity index (χ4v) is 2.44. The summed E-state index contributed by atoms with van der Waals surface area (Å²) in [6.07, 6.45) is 1.76. The van der Waals surface area contributed by atoms with Crippen LogP contribution in [0.2, 0.25) is 5.02 Å². The maximum atomic E-state index is 13.2. The van der Waals surface area contributed by atoms with Gasteiger partial charge in [-0.15, -0.1) is 0 Å². The molecular formula is C17H19ClFN. The standard InChI is InChI=1S/C17H19ClFN/c1-12-3-5-13(6-4-12)9-15(20-2)10-14-7-8-17(19)16(18)11-14/h3-8,11,15,20H,9-10H2,1-2H3. The molecule has 0 aliphatic carbocycles. The van der Waals surface area contributed by atoms with Crippen molar-refractivity contribution < 1.29 is 4.39 Å². The van der Waals surface area contributed by atoms with E-state index < -0.39 is 0 Å². The molecule has 0 spiro atoms. The zero-order valence-corrected chi connectivity index (χ0v) is 12.5. The molecule has 106 valence electrons. The fraction of sp³-hybridized carbons (Fsp3) is 0.294. The van der Waals surface area contributed by atoms with Crippen LogP contribution in [0.5, 0.6) is 0 Å². The average Bonchev–Trinajstić information content (AvgIpc) is 2.44. The number of hydrogen-bond donors (Lipinski definition) is 1. The van der Waals surface area contributed by atoms with E-state index in [2.05, 4.69) is 36.5 Å². The Labute approximate surface area is 124 Å². The molecule has 2 aromatic carbocycles. The molecule has 2 aromatic rings. The predicted octanol–water partition coefficient (Wildman–Crippen LogP) is 4.16. The molecule has 0 saturated carbocycles. The second-order valence-electron chi connectivity index (χ2n) is 5.13. The van der Waals surface area contributed by atoms with Crippen molar-refractivity contribution in [1.82, 2.24) is 5.32 Å². The summed E-state index contributed by atoms with van der Waals surface area (Å²) in [4.78, 5) is 0. The molecular weight excluding hydrogens is 273 g/mol. The highest BCUT2D eigenvalue weighted by Crippen LogP contribution is 2.18. The van der Waals surface area contributed by atoms with Gasteiger partial charge in [0, 0.05) is 6.04 Å². The lowest BCUT2D eigenvalue weighted by molar-refractivity contribution is 0.555. The number of benzene rings is 2. The minimum absolute atomic E-state index is 0.188. The van der Waals surface area contributed by atoms with Crippen LogP contribution in [0, 0.1) is 12.7 Å². The summed E-state index contributed by atoms with van der Waals surface area (Å²) in [5, 5.41) is 3.50. The SMILES string of the molecule is CNC(Cc1ccc(C)cc1)Cc1ccc(F)c(Cl)c1. The summed E-state index contributed by atoms with van der Waals surface area (Å²) in [5.74, 6) is -0.366. The number of halogens is 2. The lowest BCUT2D eigenvalue weighted by Crippen LogP contribution is -2.29. The van der Waals surface area contributed by atoms with Gasteiger partial charge < -0.3 is 5.32 Å². The minimum atomic E-state index is -0.366. The fourth-order valence-electron chi connectivity index (χ4n) is 2.24. The molecule has 0 bridgehead atoms. The quantitative estimate of drug-likeness (QED) is 0.872. The zero-order chi connectivity index (χ0) is 14.5. The van der Waals surface area contributed by atoms with Gasteiger partial charge in [0.2, 0.25) is 0 Å². The highest BCUT2D eigenvalue weighted by Gasteiger charge is 2.10. The average molecular weight is 292 g/mol. The molecule has 1 nitrogen and oxygen atoms in total. The van der Waals surface area contributed by atoms with E-state index in [9.17, 15) is 4.39 Å². The van der Waals surface area contributed by atoms with Crippen LogP contribution in [-0.2, 0) is 12.8 Å². The Hall–Kier alpha value is -1.38. The van der Waals surface area contributed by atoms with E-state index >= 15 is 0 Å². The number of nitrogens with one attached hydrogen (secondary N) is 1. The monoisotopic (exact) mass is 291 g/mol. The van der Waals surface area contributed by atoms with E-state index in [0.717, 1.165) is 18.4 Å². The van der Waals surface area contributed by atoms with Gasteiger partial charge in [0.1, 0.15) is 5.82 Å². The Morgan fingerprint density at radius 2 is 1.65 bits per heavy atom. The third kappa shape index (κ3) is 4.06. The van der Waals surface area contributed by atoms with Crippen LogP contribution in [0.15, 0.2) is 42.5 Å². The lowest BCUT2D eigenvalue weighted by atomic mass is 9.98. The molecule has 3 heteroatoms. The van der Waals surface area contributed by atoms with Gasteiger partial charge in [0.15, 0.2) is 0 Å². The topological polar surface area (TPSA) is 12.0 Å². The van der Waals surface area contributed by atoms with E-state index in [1.807, 2.05) is 7.05 Å². The summed E-state index contributed by atoms with van der Waals surface area (Å²) >= 11 is 5.82. The van der Waals surface area contributed by atoms with E-state index in [1.165, 1.54) is 17.2 Å². The maximum Gasteiger partial charge on any atom is 0.141 e. The van der Waals surface area contributed by atoms with E-state index in [1.54, 1.807) is 12.1 Å². The molecule has 1 N–H and O–H groups in total. The van der Waals surface area contributed by atoms with Gasteiger partial charge in [0.05, 0.1) is 5.02 Å². The molecule has 0 saturated heterocycles. The molecule has 1 unspecified atom stereocenters. The molecule has 0 heterocycles. The number of aryl methyl sites for hydroxylation is 1. The van der Waals surface area contributed by atoms with Crippen molar-refractivity contribution in [2.24, 2.45) is 0 Å². The summed E-state index contributed by atoms with van der Waals surface area (Å²) in [5.41, 5.74) is 3.60. The smallest absolute Gasteiger partial charge is 0.141 e. The van der Waals surface area contributed by atoms with Crippen LogP contribution in [0.4, 0.5) is 4.39 Å². The van der Waals surface area contributed by atoms with E-state index in [0.29, 0.717) is 6.04 Å². The summed E-state index contributed by atoms with van der Waals surface area (Å²) < 4.78 is 13.2. The van der Waals surface area contributed by atoms with Gasteiger partial charge >= 0.3 is 0 Å².